The number of fused-ring (bicyclic) bond motifs is 1. The topological polar surface area (TPSA) is 58.0 Å². The summed E-state index contributed by atoms with van der Waals surface area (Å²) in [6.45, 7) is 0.512. The summed E-state index contributed by atoms with van der Waals surface area (Å²) in [7, 11) is 3.59. The highest BCUT2D eigenvalue weighted by molar-refractivity contribution is 6.38. The minimum absolute atomic E-state index is 0. The molecule has 140 valence electrons. The molecule has 0 aliphatic carbocycles. The molecule has 2 N–H and O–H groups in total. The Morgan fingerprint density at radius 3 is 2.48 bits per heavy atom. The van der Waals surface area contributed by atoms with Gasteiger partial charge in [0, 0.05) is 30.9 Å². The SMILES string of the molecule is COc1ccc2c(c1)c(Cl)c(-c1cn(C)cn1)n2-c1ccc(CN)cc1.Cl. The fourth-order valence-corrected chi connectivity index (χ4v) is 3.50. The number of imidazole rings is 1. The number of benzene rings is 2. The zero-order valence-electron chi connectivity index (χ0n) is 15.0. The highest BCUT2D eigenvalue weighted by Crippen LogP contribution is 2.40. The smallest absolute Gasteiger partial charge is 0.119 e. The number of aryl methyl sites for hydroxylation is 1. The molecule has 27 heavy (non-hydrogen) atoms. The average Bonchev–Trinajstić information content (AvgIpc) is 3.22. The largest absolute Gasteiger partial charge is 0.497 e. The van der Waals surface area contributed by atoms with Crippen molar-refractivity contribution in [3.63, 3.8) is 0 Å². The quantitative estimate of drug-likeness (QED) is 0.543. The second kappa shape index (κ2) is 7.64. The molecule has 0 saturated heterocycles. The Kier molecular flexibility index (Phi) is 5.46. The van der Waals surface area contributed by atoms with Crippen molar-refractivity contribution in [2.75, 3.05) is 7.11 Å². The van der Waals surface area contributed by atoms with Crippen LogP contribution in [0.15, 0.2) is 55.0 Å². The summed E-state index contributed by atoms with van der Waals surface area (Å²) in [5.74, 6) is 0.766. The van der Waals surface area contributed by atoms with E-state index in [0.717, 1.165) is 39.3 Å². The number of halogens is 2. The number of ether oxygens (including phenoxy) is 1. The lowest BCUT2D eigenvalue weighted by Crippen LogP contribution is -2.00. The van der Waals surface area contributed by atoms with E-state index >= 15 is 0 Å². The fourth-order valence-electron chi connectivity index (χ4n) is 3.17. The van der Waals surface area contributed by atoms with E-state index in [0.29, 0.717) is 11.6 Å². The number of methoxy groups -OCH3 is 1. The van der Waals surface area contributed by atoms with E-state index in [1.165, 1.54) is 0 Å². The molecule has 4 rings (SSSR count). The Morgan fingerprint density at radius 2 is 1.89 bits per heavy atom. The van der Waals surface area contributed by atoms with Crippen molar-refractivity contribution >= 4 is 34.9 Å². The summed E-state index contributed by atoms with van der Waals surface area (Å²) in [6, 6.07) is 14.1. The molecule has 0 spiro atoms. The van der Waals surface area contributed by atoms with Crippen LogP contribution in [0.1, 0.15) is 5.56 Å². The van der Waals surface area contributed by atoms with Crippen molar-refractivity contribution in [3.8, 4) is 22.8 Å². The van der Waals surface area contributed by atoms with Gasteiger partial charge in [0.15, 0.2) is 0 Å². The van der Waals surface area contributed by atoms with E-state index in [9.17, 15) is 0 Å². The van der Waals surface area contributed by atoms with Crippen LogP contribution in [0.4, 0.5) is 0 Å². The number of aromatic nitrogens is 3. The molecule has 2 aromatic heterocycles. The van der Waals surface area contributed by atoms with Gasteiger partial charge in [0.05, 0.1) is 29.7 Å². The van der Waals surface area contributed by atoms with Crippen LogP contribution in [-0.2, 0) is 13.6 Å². The molecule has 0 radical (unpaired) electrons. The summed E-state index contributed by atoms with van der Waals surface area (Å²) in [4.78, 5) is 4.51. The molecular weight excluding hydrogens is 383 g/mol. The predicted molar refractivity (Wildman–Crippen MR) is 112 cm³/mol. The summed E-state index contributed by atoms with van der Waals surface area (Å²) in [6.07, 6.45) is 3.73. The molecule has 0 fully saturated rings. The van der Waals surface area contributed by atoms with Gasteiger partial charge in [0.25, 0.3) is 0 Å². The first-order valence-electron chi connectivity index (χ1n) is 8.28. The third-order valence-corrected chi connectivity index (χ3v) is 4.87. The van der Waals surface area contributed by atoms with Crippen LogP contribution in [0, 0.1) is 0 Å². The van der Waals surface area contributed by atoms with Crippen LogP contribution in [-0.4, -0.2) is 21.2 Å². The Morgan fingerprint density at radius 1 is 1.15 bits per heavy atom. The highest BCUT2D eigenvalue weighted by atomic mass is 35.5. The van der Waals surface area contributed by atoms with Gasteiger partial charge in [-0.25, -0.2) is 4.98 Å². The maximum atomic E-state index is 6.80. The molecule has 0 bridgehead atoms. The summed E-state index contributed by atoms with van der Waals surface area (Å²) in [5, 5.41) is 1.58. The van der Waals surface area contributed by atoms with Crippen LogP contribution in [0.2, 0.25) is 5.02 Å². The minimum Gasteiger partial charge on any atom is -0.497 e. The highest BCUT2D eigenvalue weighted by Gasteiger charge is 2.20. The van der Waals surface area contributed by atoms with E-state index < -0.39 is 0 Å². The van der Waals surface area contributed by atoms with E-state index in [2.05, 4.69) is 21.7 Å². The van der Waals surface area contributed by atoms with Crippen LogP contribution >= 0.6 is 24.0 Å². The maximum Gasteiger partial charge on any atom is 0.119 e. The van der Waals surface area contributed by atoms with Gasteiger partial charge in [-0.1, -0.05) is 23.7 Å². The van der Waals surface area contributed by atoms with E-state index in [-0.39, 0.29) is 12.4 Å². The standard InChI is InChI=1S/C20H19ClN4O.ClH/c1-24-11-17(23-12-24)20-19(21)16-9-15(26-2)7-8-18(16)25(20)14-5-3-13(10-22)4-6-14;/h3-9,11-12H,10,22H2,1-2H3;1H. The van der Waals surface area contributed by atoms with Crippen LogP contribution in [0.3, 0.4) is 0 Å². The number of hydrogen-bond donors (Lipinski definition) is 1. The van der Waals surface area contributed by atoms with Crippen molar-refractivity contribution in [1.82, 2.24) is 14.1 Å². The van der Waals surface area contributed by atoms with Crippen molar-refractivity contribution in [2.45, 2.75) is 6.54 Å². The predicted octanol–water partition coefficient (Wildman–Crippen LogP) is 4.57. The fraction of sp³-hybridized carbons (Fsp3) is 0.150. The first-order valence-corrected chi connectivity index (χ1v) is 8.66. The van der Waals surface area contributed by atoms with E-state index in [4.69, 9.17) is 22.1 Å². The lowest BCUT2D eigenvalue weighted by Gasteiger charge is -2.11. The molecule has 0 aliphatic rings. The van der Waals surface area contributed by atoms with E-state index in [1.54, 1.807) is 13.4 Å². The van der Waals surface area contributed by atoms with Crippen LogP contribution < -0.4 is 10.5 Å². The zero-order valence-corrected chi connectivity index (χ0v) is 16.6. The van der Waals surface area contributed by atoms with Gasteiger partial charge in [-0.05, 0) is 35.9 Å². The Balaban J connectivity index is 0.00000210. The zero-order chi connectivity index (χ0) is 18.3. The first kappa shape index (κ1) is 19.3. The number of rotatable bonds is 4. The molecule has 2 aromatic carbocycles. The molecule has 0 atom stereocenters. The van der Waals surface area contributed by atoms with Crippen molar-refractivity contribution in [3.05, 3.63) is 65.6 Å². The van der Waals surface area contributed by atoms with Gasteiger partial charge >= 0.3 is 0 Å². The van der Waals surface area contributed by atoms with Crippen molar-refractivity contribution in [1.29, 1.82) is 0 Å². The third-order valence-electron chi connectivity index (χ3n) is 4.49. The van der Waals surface area contributed by atoms with Gasteiger partial charge in [-0.15, -0.1) is 12.4 Å². The number of hydrogen-bond acceptors (Lipinski definition) is 3. The molecule has 2 heterocycles. The molecule has 5 nitrogen and oxygen atoms in total. The van der Waals surface area contributed by atoms with Crippen molar-refractivity contribution in [2.24, 2.45) is 12.8 Å². The lowest BCUT2D eigenvalue weighted by atomic mass is 10.2. The monoisotopic (exact) mass is 402 g/mol. The number of nitrogens with two attached hydrogens (primary N) is 1. The van der Waals surface area contributed by atoms with Gasteiger partial charge < -0.3 is 19.6 Å². The summed E-state index contributed by atoms with van der Waals surface area (Å²) in [5.41, 5.74) is 10.5. The van der Waals surface area contributed by atoms with Gasteiger partial charge in [0.1, 0.15) is 11.4 Å². The molecule has 0 unspecified atom stereocenters. The minimum atomic E-state index is 0. The lowest BCUT2D eigenvalue weighted by molar-refractivity contribution is 0.415. The molecule has 7 heteroatoms. The Bertz CT molecular complexity index is 1080. The van der Waals surface area contributed by atoms with Crippen LogP contribution in [0.25, 0.3) is 28.0 Å². The summed E-state index contributed by atoms with van der Waals surface area (Å²) < 4.78 is 9.40. The molecular formula is C20H20Cl2N4O. The molecule has 4 aromatic rings. The second-order valence-corrected chi connectivity index (χ2v) is 6.55. The molecule has 0 aliphatic heterocycles. The van der Waals surface area contributed by atoms with Crippen LogP contribution in [0.5, 0.6) is 5.75 Å². The van der Waals surface area contributed by atoms with Gasteiger partial charge in [-0.3, -0.25) is 0 Å². The second-order valence-electron chi connectivity index (χ2n) is 6.18. The van der Waals surface area contributed by atoms with Gasteiger partial charge in [-0.2, -0.15) is 0 Å². The first-order chi connectivity index (χ1) is 12.6. The molecule has 0 amide bonds. The van der Waals surface area contributed by atoms with Crippen molar-refractivity contribution < 1.29 is 4.74 Å². The number of nitrogens with zero attached hydrogens (tertiary/aromatic N) is 3. The third kappa shape index (κ3) is 3.30. The summed E-state index contributed by atoms with van der Waals surface area (Å²) >= 11 is 6.80. The Labute approximate surface area is 168 Å². The maximum absolute atomic E-state index is 6.80. The molecule has 0 saturated carbocycles. The average molecular weight is 403 g/mol. The normalized spacial score (nSPS) is 10.8. The van der Waals surface area contributed by atoms with E-state index in [1.807, 2.05) is 48.1 Å². The Hall–Kier alpha value is -2.47. The van der Waals surface area contributed by atoms with Gasteiger partial charge in [0.2, 0.25) is 0 Å².